The van der Waals surface area contributed by atoms with Crippen LogP contribution in [-0.2, 0) is 19.1 Å². The van der Waals surface area contributed by atoms with Gasteiger partial charge in [0.15, 0.2) is 5.78 Å². The molecule has 1 saturated carbocycles. The number of ketones is 1. The molecular weight excluding hydrogens is 484 g/mol. The third-order valence-corrected chi connectivity index (χ3v) is 9.13. The molecule has 0 aromatic heterocycles. The fourth-order valence-electron chi connectivity index (χ4n) is 6.85. The number of nitrogens with zero attached hydrogens (tertiary/aromatic N) is 2. The topological polar surface area (TPSA) is 100 Å². The lowest BCUT2D eigenvalue weighted by Crippen LogP contribution is -2.62. The molecule has 2 amide bonds. The maximum absolute atomic E-state index is 14.1. The first-order valence-electron chi connectivity index (χ1n) is 14.2. The molecule has 9 nitrogen and oxygen atoms in total. The second-order valence-electron chi connectivity index (χ2n) is 11.4. The monoisotopic (exact) mass is 526 g/mol. The zero-order chi connectivity index (χ0) is 26.7. The predicted octanol–water partition coefficient (Wildman–Crippen LogP) is 1.71. The molecule has 3 aliphatic heterocycles. The van der Waals surface area contributed by atoms with Crippen molar-refractivity contribution in [2.45, 2.75) is 74.6 Å². The molecule has 0 unspecified atom stereocenters. The van der Waals surface area contributed by atoms with Crippen molar-refractivity contribution in [3.8, 4) is 0 Å². The minimum Gasteiger partial charge on any atom is -0.383 e. The van der Waals surface area contributed by atoms with Gasteiger partial charge < -0.3 is 29.9 Å². The molecule has 0 spiro atoms. The fourth-order valence-corrected chi connectivity index (χ4v) is 6.85. The van der Waals surface area contributed by atoms with Crippen molar-refractivity contribution < 1.29 is 23.9 Å². The molecule has 0 radical (unpaired) electrons. The van der Waals surface area contributed by atoms with E-state index in [0.29, 0.717) is 30.9 Å². The van der Waals surface area contributed by atoms with Gasteiger partial charge in [0.1, 0.15) is 24.3 Å². The number of amides is 2. The number of hydrogen-bond donors (Lipinski definition) is 2. The lowest BCUT2D eigenvalue weighted by Gasteiger charge is -2.40. The summed E-state index contributed by atoms with van der Waals surface area (Å²) in [6.45, 7) is 4.29. The number of likely N-dealkylation sites (tertiary alicyclic amines) is 2. The third-order valence-electron chi connectivity index (χ3n) is 9.13. The Morgan fingerprint density at radius 1 is 1.11 bits per heavy atom. The first kappa shape index (κ1) is 27.2. The Bertz CT molecular complexity index is 1000. The molecule has 208 valence electrons. The molecule has 3 atom stereocenters. The minimum absolute atomic E-state index is 0.0369. The number of rotatable bonds is 8. The van der Waals surface area contributed by atoms with Crippen LogP contribution >= 0.6 is 0 Å². The SMILES string of the molecule is CN[C@H]1CN(C(=O)C2(NC(=O)c3ccc(C4CCN(CCOC)CC4)cc3)CCCCC2)[C@@H]2C(=O)CO[C@H]12. The number of carbonyl (C=O) groups excluding carboxylic acids is 3. The highest BCUT2D eigenvalue weighted by molar-refractivity contribution is 6.01. The highest BCUT2D eigenvalue weighted by atomic mass is 16.5. The van der Waals surface area contributed by atoms with Crippen LogP contribution in [0.25, 0.3) is 0 Å². The third kappa shape index (κ3) is 5.39. The van der Waals surface area contributed by atoms with Crippen LogP contribution in [0.4, 0.5) is 0 Å². The summed E-state index contributed by atoms with van der Waals surface area (Å²) < 4.78 is 10.9. The Hall–Kier alpha value is -2.33. The van der Waals surface area contributed by atoms with Gasteiger partial charge in [-0.1, -0.05) is 31.4 Å². The van der Waals surface area contributed by atoms with Crippen molar-refractivity contribution in [1.29, 1.82) is 0 Å². The van der Waals surface area contributed by atoms with Gasteiger partial charge in [-0.2, -0.15) is 0 Å². The predicted molar refractivity (Wildman–Crippen MR) is 143 cm³/mol. The largest absolute Gasteiger partial charge is 0.383 e. The van der Waals surface area contributed by atoms with Crippen LogP contribution in [0, 0.1) is 0 Å². The summed E-state index contributed by atoms with van der Waals surface area (Å²) in [4.78, 5) is 44.3. The van der Waals surface area contributed by atoms with E-state index in [1.54, 1.807) is 12.0 Å². The summed E-state index contributed by atoms with van der Waals surface area (Å²) in [7, 11) is 3.57. The number of hydrogen-bond acceptors (Lipinski definition) is 7. The second kappa shape index (κ2) is 11.8. The summed E-state index contributed by atoms with van der Waals surface area (Å²) in [6, 6.07) is 7.25. The number of likely N-dealkylation sites (N-methyl/N-ethyl adjacent to an activating group) is 1. The van der Waals surface area contributed by atoms with Crippen LogP contribution in [0.3, 0.4) is 0 Å². The average molecular weight is 527 g/mol. The van der Waals surface area contributed by atoms with Gasteiger partial charge in [0.25, 0.3) is 5.91 Å². The molecule has 2 N–H and O–H groups in total. The summed E-state index contributed by atoms with van der Waals surface area (Å²) in [5.74, 6) is 0.0650. The Labute approximate surface area is 225 Å². The van der Waals surface area contributed by atoms with Crippen molar-refractivity contribution in [2.75, 3.05) is 53.6 Å². The molecule has 9 heteroatoms. The molecular formula is C29H42N4O5. The average Bonchev–Trinajstić information content (AvgIpc) is 3.52. The lowest BCUT2D eigenvalue weighted by molar-refractivity contribution is -0.143. The molecule has 4 aliphatic rings. The molecule has 0 bridgehead atoms. The van der Waals surface area contributed by atoms with Gasteiger partial charge >= 0.3 is 0 Å². The van der Waals surface area contributed by atoms with E-state index in [-0.39, 0.29) is 36.4 Å². The summed E-state index contributed by atoms with van der Waals surface area (Å²) in [5.41, 5.74) is 0.841. The van der Waals surface area contributed by atoms with E-state index >= 15 is 0 Å². The van der Waals surface area contributed by atoms with E-state index in [0.717, 1.165) is 58.3 Å². The molecule has 1 aromatic rings. The standard InChI is InChI=1S/C29H42N4O5/c1-30-23-18-33(25-24(34)19-38-26(23)25)28(36)29(12-4-3-5-13-29)31-27(35)22-8-6-20(7-9-22)21-10-14-32(15-11-21)16-17-37-2/h6-9,21,23,25-26,30H,3-5,10-19H2,1-2H3,(H,31,35)/t23-,25+,26+/m0/s1. The van der Waals surface area contributed by atoms with E-state index in [1.165, 1.54) is 5.56 Å². The van der Waals surface area contributed by atoms with Gasteiger partial charge in [0, 0.05) is 25.8 Å². The molecule has 38 heavy (non-hydrogen) atoms. The van der Waals surface area contributed by atoms with E-state index < -0.39 is 11.6 Å². The van der Waals surface area contributed by atoms with Crippen LogP contribution < -0.4 is 10.6 Å². The van der Waals surface area contributed by atoms with Crippen molar-refractivity contribution in [3.63, 3.8) is 0 Å². The van der Waals surface area contributed by atoms with Crippen LogP contribution in [0.5, 0.6) is 0 Å². The number of Topliss-reactive ketones (excluding diaryl/α,β-unsaturated/α-hetero) is 1. The smallest absolute Gasteiger partial charge is 0.252 e. The minimum atomic E-state index is -0.987. The van der Waals surface area contributed by atoms with E-state index in [2.05, 4.69) is 27.7 Å². The molecule has 5 rings (SSSR count). The van der Waals surface area contributed by atoms with Gasteiger partial charge in [-0.3, -0.25) is 14.4 Å². The van der Waals surface area contributed by atoms with Crippen LogP contribution in [-0.4, -0.2) is 105 Å². The summed E-state index contributed by atoms with van der Waals surface area (Å²) in [6.07, 6.45) is 5.83. The number of piperidine rings is 1. The van der Waals surface area contributed by atoms with Gasteiger partial charge in [0.2, 0.25) is 5.91 Å². The quantitative estimate of drug-likeness (QED) is 0.532. The number of fused-ring (bicyclic) bond motifs is 1. The summed E-state index contributed by atoms with van der Waals surface area (Å²) >= 11 is 0. The highest BCUT2D eigenvalue weighted by Crippen LogP contribution is 2.36. The Kier molecular flexibility index (Phi) is 8.47. The first-order valence-corrected chi connectivity index (χ1v) is 14.2. The van der Waals surface area contributed by atoms with E-state index in [9.17, 15) is 14.4 Å². The number of carbonyl (C=O) groups is 3. The summed E-state index contributed by atoms with van der Waals surface area (Å²) in [5, 5.41) is 6.36. The van der Waals surface area contributed by atoms with E-state index in [4.69, 9.17) is 9.47 Å². The van der Waals surface area contributed by atoms with Crippen molar-refractivity contribution >= 4 is 17.6 Å². The zero-order valence-corrected chi connectivity index (χ0v) is 22.7. The molecule has 4 fully saturated rings. The highest BCUT2D eigenvalue weighted by Gasteiger charge is 2.55. The lowest BCUT2D eigenvalue weighted by atomic mass is 9.80. The van der Waals surface area contributed by atoms with Gasteiger partial charge in [0.05, 0.1) is 12.6 Å². The second-order valence-corrected chi connectivity index (χ2v) is 11.4. The van der Waals surface area contributed by atoms with Gasteiger partial charge in [-0.25, -0.2) is 0 Å². The Morgan fingerprint density at radius 2 is 1.82 bits per heavy atom. The van der Waals surface area contributed by atoms with Crippen molar-refractivity contribution in [2.24, 2.45) is 0 Å². The maximum atomic E-state index is 14.1. The number of nitrogens with one attached hydrogen (secondary N) is 2. The van der Waals surface area contributed by atoms with Crippen molar-refractivity contribution in [1.82, 2.24) is 20.4 Å². The molecule has 3 heterocycles. The normalized spacial score (nSPS) is 27.9. The van der Waals surface area contributed by atoms with Gasteiger partial charge in [-0.05, 0) is 69.4 Å². The Balaban J connectivity index is 1.26. The van der Waals surface area contributed by atoms with Gasteiger partial charge in [-0.15, -0.1) is 0 Å². The van der Waals surface area contributed by atoms with Crippen LogP contribution in [0.2, 0.25) is 0 Å². The number of methoxy groups -OCH3 is 1. The van der Waals surface area contributed by atoms with Crippen LogP contribution in [0.15, 0.2) is 24.3 Å². The maximum Gasteiger partial charge on any atom is 0.252 e. The number of benzene rings is 1. The van der Waals surface area contributed by atoms with Crippen LogP contribution in [0.1, 0.15) is 66.8 Å². The molecule has 1 aromatic carbocycles. The molecule has 1 aliphatic carbocycles. The zero-order valence-electron chi connectivity index (χ0n) is 22.7. The van der Waals surface area contributed by atoms with Crippen molar-refractivity contribution in [3.05, 3.63) is 35.4 Å². The first-order chi connectivity index (χ1) is 18.5. The Morgan fingerprint density at radius 3 is 2.47 bits per heavy atom. The fraction of sp³-hybridized carbons (Fsp3) is 0.690. The van der Waals surface area contributed by atoms with E-state index in [1.807, 2.05) is 19.2 Å². The number of ether oxygens (including phenoxy) is 2. The molecule has 3 saturated heterocycles.